The predicted molar refractivity (Wildman–Crippen MR) is 159 cm³/mol. The number of hydrogen-bond donors (Lipinski definition) is 0. The zero-order chi connectivity index (χ0) is 26.4. The summed E-state index contributed by atoms with van der Waals surface area (Å²) in [7, 11) is 0. The molecule has 4 aromatic carbocycles. The van der Waals surface area contributed by atoms with Gasteiger partial charge in [0.15, 0.2) is 10.8 Å². The lowest BCUT2D eigenvalue weighted by atomic mass is 9.93. The molecule has 0 aliphatic carbocycles. The van der Waals surface area contributed by atoms with E-state index in [4.69, 9.17) is 33.4 Å². The van der Waals surface area contributed by atoms with Gasteiger partial charge in [-0.25, -0.2) is 10.0 Å². The van der Waals surface area contributed by atoms with E-state index in [1.54, 1.807) is 0 Å². The molecule has 2 aliphatic heterocycles. The van der Waals surface area contributed by atoms with Crippen molar-refractivity contribution >= 4 is 62.9 Å². The van der Waals surface area contributed by atoms with Crippen LogP contribution in [0.2, 0.25) is 10.0 Å². The molecule has 38 heavy (non-hydrogen) atoms. The number of hydrogen-bond acceptors (Lipinski definition) is 6. The van der Waals surface area contributed by atoms with Crippen LogP contribution in [0.3, 0.4) is 0 Å². The van der Waals surface area contributed by atoms with Crippen LogP contribution in [0.4, 0.5) is 11.4 Å². The Bertz CT molecular complexity index is 1620. The van der Waals surface area contributed by atoms with Crippen molar-refractivity contribution in [1.82, 2.24) is 0 Å². The van der Waals surface area contributed by atoms with E-state index in [9.17, 15) is 4.79 Å². The van der Waals surface area contributed by atoms with Gasteiger partial charge in [-0.2, -0.15) is 10.2 Å². The number of carbonyl (C=O) groups excluding carboxylic acids is 1. The van der Waals surface area contributed by atoms with Crippen LogP contribution in [0.1, 0.15) is 29.2 Å². The quantitative estimate of drug-likeness (QED) is 0.257. The zero-order valence-corrected chi connectivity index (χ0v) is 22.9. The van der Waals surface area contributed by atoms with Gasteiger partial charge >= 0.3 is 0 Å². The zero-order valence-electron chi connectivity index (χ0n) is 20.6. The highest BCUT2D eigenvalue weighted by molar-refractivity contribution is 8.17. The number of hydrazone groups is 2. The summed E-state index contributed by atoms with van der Waals surface area (Å²) in [6, 6.07) is 31.5. The van der Waals surface area contributed by atoms with Crippen molar-refractivity contribution in [2.24, 2.45) is 10.2 Å². The molecule has 4 aromatic rings. The van der Waals surface area contributed by atoms with Crippen molar-refractivity contribution in [3.05, 3.63) is 129 Å². The maximum atomic E-state index is 12.8. The fourth-order valence-electron chi connectivity index (χ4n) is 4.78. The Hall–Kier alpha value is -3.58. The van der Waals surface area contributed by atoms with Crippen LogP contribution >= 0.6 is 35.0 Å². The Morgan fingerprint density at radius 3 is 2.26 bits per heavy atom. The van der Waals surface area contributed by atoms with Crippen molar-refractivity contribution in [2.75, 3.05) is 10.0 Å². The van der Waals surface area contributed by atoms with Gasteiger partial charge in [0.05, 0.1) is 17.1 Å². The first-order valence-corrected chi connectivity index (χ1v) is 13.6. The molecule has 0 amide bonds. The number of rotatable bonds is 4. The summed E-state index contributed by atoms with van der Waals surface area (Å²) in [6.45, 7) is 3.50. The summed E-state index contributed by atoms with van der Waals surface area (Å²) in [5.74, 6) is -0.116. The number of carbonyl (C=O) groups is 1. The van der Waals surface area contributed by atoms with Crippen molar-refractivity contribution in [2.45, 2.75) is 18.8 Å². The van der Waals surface area contributed by atoms with Gasteiger partial charge < -0.3 is 0 Å². The van der Waals surface area contributed by atoms with E-state index in [0.717, 1.165) is 39.3 Å². The van der Waals surface area contributed by atoms with Gasteiger partial charge in [-0.3, -0.25) is 4.79 Å². The average molecular weight is 558 g/mol. The molecule has 8 heteroatoms. The lowest BCUT2D eigenvalue weighted by Gasteiger charge is -2.47. The Labute approximate surface area is 235 Å². The third-order valence-electron chi connectivity index (χ3n) is 6.62. The number of benzene rings is 4. The standard InChI is InChI=1S/C30H22Cl2N4OS/c1-19-26(32)13-8-14-27(19)36-30(38-29(34-36)20(2)37)25-12-7-6-11-24(25)28(21-15-17-22(31)18-16-21)33-35(30)23-9-4-3-5-10-23/h3-18H,1-2H3. The molecule has 2 heterocycles. The van der Waals surface area contributed by atoms with Gasteiger partial charge in [-0.05, 0) is 60.6 Å². The van der Waals surface area contributed by atoms with Gasteiger partial charge in [-0.1, -0.05) is 83.9 Å². The van der Waals surface area contributed by atoms with Crippen LogP contribution in [-0.4, -0.2) is 16.5 Å². The summed E-state index contributed by atoms with van der Waals surface area (Å²) in [4.78, 5) is 11.8. The topological polar surface area (TPSA) is 48.3 Å². The van der Waals surface area contributed by atoms with Gasteiger partial charge in [0.1, 0.15) is 0 Å². The Kier molecular flexibility index (Phi) is 6.26. The highest BCUT2D eigenvalue weighted by atomic mass is 35.5. The molecule has 1 atom stereocenters. The SMILES string of the molecule is CC(=O)C1=NN(c2cccc(Cl)c2C)C2(S1)c1ccccc1C(c1ccc(Cl)cc1)=NN2c1ccccc1. The van der Waals surface area contributed by atoms with E-state index < -0.39 is 4.99 Å². The molecule has 1 spiro atoms. The van der Waals surface area contributed by atoms with Gasteiger partial charge in [0.2, 0.25) is 4.99 Å². The molecule has 0 bridgehead atoms. The molecule has 2 aliphatic rings. The second-order valence-corrected chi connectivity index (χ2v) is 11.0. The molecule has 0 N–H and O–H groups in total. The molecule has 5 nitrogen and oxygen atoms in total. The monoisotopic (exact) mass is 556 g/mol. The summed E-state index contributed by atoms with van der Waals surface area (Å²) in [5.41, 5.74) is 6.13. The van der Waals surface area contributed by atoms with Gasteiger partial charge in [0, 0.05) is 33.7 Å². The lowest BCUT2D eigenvalue weighted by Crippen LogP contribution is -2.54. The third-order valence-corrected chi connectivity index (χ3v) is 8.70. The van der Waals surface area contributed by atoms with Crippen LogP contribution in [-0.2, 0) is 9.79 Å². The first-order valence-electron chi connectivity index (χ1n) is 12.0. The van der Waals surface area contributed by atoms with E-state index in [2.05, 4.69) is 12.1 Å². The van der Waals surface area contributed by atoms with Crippen molar-refractivity contribution in [3.63, 3.8) is 0 Å². The van der Waals surface area contributed by atoms with E-state index in [0.29, 0.717) is 15.1 Å². The largest absolute Gasteiger partial charge is 0.292 e. The number of ketones is 1. The molecule has 0 saturated carbocycles. The molecule has 0 saturated heterocycles. The second-order valence-electron chi connectivity index (χ2n) is 9.02. The van der Waals surface area contributed by atoms with Crippen LogP contribution in [0.15, 0.2) is 107 Å². The molecule has 6 rings (SSSR count). The fourth-order valence-corrected chi connectivity index (χ4v) is 6.35. The maximum absolute atomic E-state index is 12.8. The minimum Gasteiger partial charge on any atom is -0.292 e. The summed E-state index contributed by atoms with van der Waals surface area (Å²) < 4.78 is 0. The number of Topliss-reactive ketones (excluding diaryl/α,β-unsaturated/α-hetero) is 1. The predicted octanol–water partition coefficient (Wildman–Crippen LogP) is 7.84. The third kappa shape index (κ3) is 3.91. The van der Waals surface area contributed by atoms with Crippen molar-refractivity contribution < 1.29 is 4.79 Å². The molecule has 0 aromatic heterocycles. The van der Waals surface area contributed by atoms with E-state index in [1.165, 1.54) is 18.7 Å². The van der Waals surface area contributed by atoms with Crippen LogP contribution in [0.5, 0.6) is 0 Å². The van der Waals surface area contributed by atoms with Crippen molar-refractivity contribution in [3.8, 4) is 0 Å². The number of anilines is 2. The summed E-state index contributed by atoms with van der Waals surface area (Å²) >= 11 is 14.2. The molecular formula is C30H22Cl2N4OS. The number of nitrogens with zero attached hydrogens (tertiary/aromatic N) is 4. The maximum Gasteiger partial charge on any atom is 0.234 e. The molecular weight excluding hydrogens is 535 g/mol. The number of fused-ring (bicyclic) bond motifs is 2. The molecule has 188 valence electrons. The van der Waals surface area contributed by atoms with E-state index in [1.807, 2.05) is 102 Å². The Balaban J connectivity index is 1.68. The van der Waals surface area contributed by atoms with Gasteiger partial charge in [0.25, 0.3) is 0 Å². The molecule has 0 radical (unpaired) electrons. The minimum absolute atomic E-state index is 0.116. The molecule has 1 unspecified atom stereocenters. The lowest BCUT2D eigenvalue weighted by molar-refractivity contribution is -0.110. The minimum atomic E-state index is -1.02. The fraction of sp³-hybridized carbons (Fsp3) is 0.100. The normalized spacial score (nSPS) is 18.3. The average Bonchev–Trinajstić information content (AvgIpc) is 3.33. The summed E-state index contributed by atoms with van der Waals surface area (Å²) in [5, 5.41) is 15.7. The number of thioether (sulfide) groups is 1. The highest BCUT2D eigenvalue weighted by Crippen LogP contribution is 2.55. The highest BCUT2D eigenvalue weighted by Gasteiger charge is 2.56. The van der Waals surface area contributed by atoms with E-state index >= 15 is 0 Å². The van der Waals surface area contributed by atoms with Gasteiger partial charge in [-0.15, -0.1) is 0 Å². The summed E-state index contributed by atoms with van der Waals surface area (Å²) in [6.07, 6.45) is 0. The second kappa shape index (κ2) is 9.62. The number of para-hydroxylation sites is 1. The van der Waals surface area contributed by atoms with Crippen LogP contribution < -0.4 is 10.0 Å². The number of halogens is 2. The van der Waals surface area contributed by atoms with Crippen molar-refractivity contribution in [1.29, 1.82) is 0 Å². The smallest absolute Gasteiger partial charge is 0.234 e. The molecule has 0 fully saturated rings. The Morgan fingerprint density at radius 1 is 0.816 bits per heavy atom. The van der Waals surface area contributed by atoms with E-state index in [-0.39, 0.29) is 5.78 Å². The first-order chi connectivity index (χ1) is 18.4. The van der Waals surface area contributed by atoms with Crippen LogP contribution in [0, 0.1) is 6.92 Å². The Morgan fingerprint density at radius 2 is 1.53 bits per heavy atom. The van der Waals surface area contributed by atoms with Crippen LogP contribution in [0.25, 0.3) is 0 Å². The first kappa shape index (κ1) is 24.7.